The van der Waals surface area contributed by atoms with E-state index in [1.165, 1.54) is 5.01 Å². The van der Waals surface area contributed by atoms with Crippen molar-refractivity contribution in [2.24, 2.45) is 11.3 Å². The molecular weight excluding hydrogens is 562 g/mol. The van der Waals surface area contributed by atoms with E-state index in [1.54, 1.807) is 6.92 Å². The fourth-order valence-corrected chi connectivity index (χ4v) is 5.92. The molecule has 1 aromatic carbocycles. The van der Waals surface area contributed by atoms with Crippen LogP contribution in [-0.4, -0.2) is 71.6 Å². The van der Waals surface area contributed by atoms with Crippen LogP contribution in [0.4, 0.5) is 0 Å². The summed E-state index contributed by atoms with van der Waals surface area (Å²) in [6.45, 7) is 8.31. The van der Waals surface area contributed by atoms with Crippen molar-refractivity contribution in [1.29, 1.82) is 0 Å². The number of rotatable bonds is 2. The van der Waals surface area contributed by atoms with Gasteiger partial charge in [0.1, 0.15) is 17.5 Å². The fourth-order valence-electron chi connectivity index (χ4n) is 5.92. The third-order valence-corrected chi connectivity index (χ3v) is 8.96. The molecule has 3 N–H and O–H groups in total. The predicted octanol–water partition coefficient (Wildman–Crippen LogP) is 3.19. The molecule has 2 fully saturated rings. The third kappa shape index (κ3) is 6.78. The maximum atomic E-state index is 13.9. The highest BCUT2D eigenvalue weighted by Crippen LogP contribution is 2.34. The maximum absolute atomic E-state index is 13.9. The third-order valence-electron chi connectivity index (χ3n) is 8.96. The molecule has 1 aromatic heterocycles. The topological polar surface area (TPSA) is 139 Å². The van der Waals surface area contributed by atoms with E-state index in [1.807, 2.05) is 63.3 Å². The van der Waals surface area contributed by atoms with Crippen molar-refractivity contribution in [3.63, 3.8) is 0 Å². The second-order valence-electron chi connectivity index (χ2n) is 12.3. The Hall–Kier alpha value is -3.83. The molecule has 2 aromatic rings. The summed E-state index contributed by atoms with van der Waals surface area (Å²) in [7, 11) is 0. The molecule has 11 nitrogen and oxygen atoms in total. The highest BCUT2D eigenvalue weighted by molar-refractivity contribution is 5.92. The maximum Gasteiger partial charge on any atom is 0.319 e. The summed E-state index contributed by atoms with van der Waals surface area (Å²) in [6, 6.07) is 7.82. The second kappa shape index (κ2) is 13.4. The van der Waals surface area contributed by atoms with Gasteiger partial charge in [-0.1, -0.05) is 44.2 Å². The van der Waals surface area contributed by atoms with Crippen molar-refractivity contribution in [2.75, 3.05) is 19.8 Å². The number of amides is 3. The molecule has 44 heavy (non-hydrogen) atoms. The quantitative estimate of drug-likeness (QED) is 0.444. The normalized spacial score (nSPS) is 30.4. The van der Waals surface area contributed by atoms with E-state index >= 15 is 0 Å². The number of nitrogens with one attached hydrogen (secondary N) is 3. The second-order valence-corrected chi connectivity index (χ2v) is 12.3. The van der Waals surface area contributed by atoms with E-state index < -0.39 is 35.5 Å². The van der Waals surface area contributed by atoms with Crippen LogP contribution in [0.2, 0.25) is 0 Å². The number of nitrogens with zero attached hydrogens (tertiary/aromatic N) is 2. The van der Waals surface area contributed by atoms with E-state index in [4.69, 9.17) is 14.5 Å². The van der Waals surface area contributed by atoms with Gasteiger partial charge in [0.05, 0.1) is 23.9 Å². The van der Waals surface area contributed by atoms with Crippen molar-refractivity contribution >= 4 is 40.7 Å². The van der Waals surface area contributed by atoms with Crippen molar-refractivity contribution in [1.82, 2.24) is 26.1 Å². The lowest BCUT2D eigenvalue weighted by Gasteiger charge is -2.36. The SMILES string of the molecule is CC[C@H](C)[C@@H]1OC(=O)C2(/C=C/c3ccc4ccc(nc4c3)[C@@H](C)NC(=O)[C@@H]3CCCN(N3)C(=O)[C@H](C)NC1=O)CCCOC2. The Morgan fingerprint density at radius 1 is 1.05 bits per heavy atom. The van der Waals surface area contributed by atoms with Gasteiger partial charge in [0.15, 0.2) is 6.10 Å². The molecule has 3 aliphatic rings. The first-order valence-electron chi connectivity index (χ1n) is 15.7. The molecule has 3 amide bonds. The number of hydrogen-bond acceptors (Lipinski definition) is 8. The van der Waals surface area contributed by atoms with Crippen molar-refractivity contribution < 1.29 is 28.7 Å². The van der Waals surface area contributed by atoms with Crippen LogP contribution < -0.4 is 16.1 Å². The van der Waals surface area contributed by atoms with Crippen molar-refractivity contribution in [3.05, 3.63) is 47.7 Å². The molecule has 2 saturated heterocycles. The van der Waals surface area contributed by atoms with Crippen LogP contribution in [0, 0.1) is 11.3 Å². The molecule has 0 radical (unpaired) electrons. The molecule has 5 rings (SSSR count). The summed E-state index contributed by atoms with van der Waals surface area (Å²) in [5.74, 6) is -1.97. The minimum absolute atomic E-state index is 0.140. The highest BCUT2D eigenvalue weighted by Gasteiger charge is 2.43. The first kappa shape index (κ1) is 31.6. The van der Waals surface area contributed by atoms with Gasteiger partial charge in [0, 0.05) is 24.5 Å². The summed E-state index contributed by atoms with van der Waals surface area (Å²) < 4.78 is 11.8. The van der Waals surface area contributed by atoms with Gasteiger partial charge in [0.25, 0.3) is 11.8 Å². The van der Waals surface area contributed by atoms with Crippen LogP contribution in [0.25, 0.3) is 17.0 Å². The lowest BCUT2D eigenvalue weighted by molar-refractivity contribution is -0.172. The monoisotopic (exact) mass is 605 g/mol. The highest BCUT2D eigenvalue weighted by atomic mass is 16.6. The lowest BCUT2D eigenvalue weighted by Crippen LogP contribution is -2.61. The van der Waals surface area contributed by atoms with Gasteiger partial charge < -0.3 is 20.1 Å². The molecule has 3 aliphatic heterocycles. The molecule has 1 unspecified atom stereocenters. The van der Waals surface area contributed by atoms with Gasteiger partial charge >= 0.3 is 5.97 Å². The zero-order chi connectivity index (χ0) is 31.4. The zero-order valence-corrected chi connectivity index (χ0v) is 25.9. The number of pyridine rings is 1. The van der Waals surface area contributed by atoms with E-state index in [-0.39, 0.29) is 30.4 Å². The van der Waals surface area contributed by atoms with Crippen LogP contribution >= 0.6 is 0 Å². The Morgan fingerprint density at radius 3 is 2.57 bits per heavy atom. The number of aromatic nitrogens is 1. The minimum atomic E-state index is -1.10. The van der Waals surface area contributed by atoms with Crippen LogP contribution in [0.3, 0.4) is 0 Å². The molecule has 0 aliphatic carbocycles. The van der Waals surface area contributed by atoms with Gasteiger partial charge in [-0.05, 0) is 63.6 Å². The molecule has 1 spiro atoms. The zero-order valence-electron chi connectivity index (χ0n) is 25.9. The number of carbonyl (C=O) groups is 4. The molecule has 236 valence electrons. The summed E-state index contributed by atoms with van der Waals surface area (Å²) in [6.07, 6.45) is 5.54. The van der Waals surface area contributed by atoms with Crippen molar-refractivity contribution in [2.45, 2.75) is 84.0 Å². The number of ether oxygens (including phenoxy) is 2. The smallest absolute Gasteiger partial charge is 0.319 e. The standard InChI is InChI=1S/C33H43N5O6/c1-5-20(2)28-30(40)35-22(4)31(41)38-16-6-8-26(37-38)29(39)34-21(3)25-12-11-24-10-9-23(18-27(24)36-25)13-15-33(32(42)44-28)14-7-17-43-19-33/h9-13,15,18,20-22,26,28,37H,5-8,14,16-17,19H2,1-4H3,(H,34,39)(H,35,40)/b15-13+/t20-,21+,22-,26-,28-,33?/m0/s1. The number of cyclic esters (lactones) is 1. The van der Waals surface area contributed by atoms with Crippen LogP contribution in [0.5, 0.6) is 0 Å². The van der Waals surface area contributed by atoms with E-state index in [9.17, 15) is 19.2 Å². The Kier molecular flexibility index (Phi) is 9.65. The largest absolute Gasteiger partial charge is 0.451 e. The molecule has 4 heterocycles. The molecular formula is C33H43N5O6. The van der Waals surface area contributed by atoms with Crippen LogP contribution in [0.1, 0.15) is 77.1 Å². The number of carbonyl (C=O) groups excluding carboxylic acids is 4. The van der Waals surface area contributed by atoms with Gasteiger partial charge in [-0.2, -0.15) is 0 Å². The average Bonchev–Trinajstić information content (AvgIpc) is 3.04. The Labute approximate surface area is 258 Å². The summed E-state index contributed by atoms with van der Waals surface area (Å²) in [5.41, 5.74) is 4.28. The molecule has 6 atom stereocenters. The fraction of sp³-hybridized carbons (Fsp3) is 0.545. The molecule has 11 heteroatoms. The summed E-state index contributed by atoms with van der Waals surface area (Å²) in [5, 5.41) is 8.13. The molecule has 5 bridgehead atoms. The number of benzene rings is 1. The number of hydrazine groups is 1. The summed E-state index contributed by atoms with van der Waals surface area (Å²) >= 11 is 0. The first-order valence-corrected chi connectivity index (χ1v) is 15.7. The average molecular weight is 606 g/mol. The van der Waals surface area contributed by atoms with E-state index in [0.717, 1.165) is 16.5 Å². The van der Waals surface area contributed by atoms with E-state index in [2.05, 4.69) is 16.1 Å². The summed E-state index contributed by atoms with van der Waals surface area (Å²) in [4.78, 5) is 58.9. The van der Waals surface area contributed by atoms with Crippen LogP contribution in [-0.2, 0) is 28.7 Å². The van der Waals surface area contributed by atoms with Gasteiger partial charge in [-0.15, -0.1) is 0 Å². The Bertz CT molecular complexity index is 1440. The van der Waals surface area contributed by atoms with Gasteiger partial charge in [0.2, 0.25) is 5.91 Å². The molecule has 0 saturated carbocycles. The number of fused-ring (bicyclic) bond motifs is 4. The minimum Gasteiger partial charge on any atom is -0.451 e. The van der Waals surface area contributed by atoms with Crippen molar-refractivity contribution in [3.8, 4) is 0 Å². The lowest BCUT2D eigenvalue weighted by atomic mass is 9.81. The number of hydrogen-bond donors (Lipinski definition) is 3. The Morgan fingerprint density at radius 2 is 1.82 bits per heavy atom. The van der Waals surface area contributed by atoms with E-state index in [0.29, 0.717) is 50.9 Å². The van der Waals surface area contributed by atoms with Gasteiger partial charge in [-0.3, -0.25) is 29.2 Å². The predicted molar refractivity (Wildman–Crippen MR) is 165 cm³/mol. The number of esters is 1. The van der Waals surface area contributed by atoms with Gasteiger partial charge in [-0.25, -0.2) is 5.43 Å². The van der Waals surface area contributed by atoms with Crippen LogP contribution in [0.15, 0.2) is 36.4 Å². The Balaban J connectivity index is 1.53. The first-order chi connectivity index (χ1) is 21.1.